The van der Waals surface area contributed by atoms with Crippen molar-refractivity contribution in [2.24, 2.45) is 17.8 Å². The zero-order chi connectivity index (χ0) is 26.2. The van der Waals surface area contributed by atoms with Crippen LogP contribution in [0.1, 0.15) is 99.0 Å². The van der Waals surface area contributed by atoms with Crippen LogP contribution in [0.2, 0.25) is 0 Å². The number of benzene rings is 2. The molecule has 0 radical (unpaired) electrons. The highest BCUT2D eigenvalue weighted by molar-refractivity contribution is 5.91. The van der Waals surface area contributed by atoms with Gasteiger partial charge in [0, 0.05) is 0 Å². The van der Waals surface area contributed by atoms with Gasteiger partial charge in [-0.25, -0.2) is 13.6 Å². The first-order valence-electron chi connectivity index (χ1n) is 14.0. The minimum atomic E-state index is -0.871. The molecule has 2 nitrogen and oxygen atoms in total. The molecule has 0 heterocycles. The maximum absolute atomic E-state index is 15.0. The van der Waals surface area contributed by atoms with E-state index in [1.807, 2.05) is 25.1 Å². The van der Waals surface area contributed by atoms with Gasteiger partial charge in [-0.15, -0.1) is 0 Å². The second-order valence-corrected chi connectivity index (χ2v) is 10.9. The number of carbonyl (C=O) groups is 1. The number of fused-ring (bicyclic) bond motifs is 1. The van der Waals surface area contributed by atoms with Crippen LogP contribution < -0.4 is 4.74 Å². The van der Waals surface area contributed by atoms with Crippen molar-refractivity contribution in [2.45, 2.75) is 84.0 Å². The number of carbonyl (C=O) groups excluding carboxylic acids is 1. The van der Waals surface area contributed by atoms with Crippen LogP contribution in [0.4, 0.5) is 8.78 Å². The monoisotopic (exact) mass is 506 g/mol. The molecule has 4 heteroatoms. The highest BCUT2D eigenvalue weighted by Gasteiger charge is 2.36. The fraction of sp³-hybridized carbons (Fsp3) is 0.485. The van der Waals surface area contributed by atoms with E-state index >= 15 is 4.39 Å². The van der Waals surface area contributed by atoms with E-state index in [4.69, 9.17) is 4.74 Å². The van der Waals surface area contributed by atoms with Crippen molar-refractivity contribution in [3.05, 3.63) is 89.0 Å². The minimum absolute atomic E-state index is 0.157. The van der Waals surface area contributed by atoms with Crippen molar-refractivity contribution in [1.29, 1.82) is 0 Å². The van der Waals surface area contributed by atoms with Gasteiger partial charge in [0.2, 0.25) is 0 Å². The standard InChI is InChI=1S/C33H40F2O2/c1-3-5-7-9-23-11-13-26-21-27(15-14-25(26)19-23)28-16-17-29(30(34)22-28)33(36)37-32-18-12-24(20-31(32)35)10-8-6-4-2/h3-6,12,16-18,20,22-23,25-27H,7-11,13-15,19,21H2,1-2H3/b5-3+,6-4+. The molecular formula is C33H40F2O2. The lowest BCUT2D eigenvalue weighted by Gasteiger charge is -2.42. The predicted molar refractivity (Wildman–Crippen MR) is 146 cm³/mol. The van der Waals surface area contributed by atoms with Gasteiger partial charge in [-0.05, 0) is 131 Å². The summed E-state index contributed by atoms with van der Waals surface area (Å²) in [5.74, 6) is 0.422. The van der Waals surface area contributed by atoms with Gasteiger partial charge in [-0.2, -0.15) is 0 Å². The van der Waals surface area contributed by atoms with Gasteiger partial charge in [0.1, 0.15) is 5.82 Å². The number of aryl methyl sites for hydroxylation is 1. The average Bonchev–Trinajstić information content (AvgIpc) is 2.90. The Bertz CT molecular complexity index is 1120. The summed E-state index contributed by atoms with van der Waals surface area (Å²) in [6, 6.07) is 9.40. The number of allylic oxidation sites excluding steroid dienone is 4. The van der Waals surface area contributed by atoms with E-state index in [2.05, 4.69) is 19.1 Å². The topological polar surface area (TPSA) is 26.3 Å². The van der Waals surface area contributed by atoms with E-state index in [9.17, 15) is 9.18 Å². The number of rotatable bonds is 9. The molecule has 2 fully saturated rings. The molecule has 0 bridgehead atoms. The third-order valence-electron chi connectivity index (χ3n) is 8.42. The molecule has 2 aromatic rings. The van der Waals surface area contributed by atoms with Gasteiger partial charge >= 0.3 is 5.97 Å². The molecule has 198 valence electrons. The Morgan fingerprint density at radius 1 is 0.892 bits per heavy atom. The summed E-state index contributed by atoms with van der Waals surface area (Å²) in [4.78, 5) is 12.6. The maximum Gasteiger partial charge on any atom is 0.346 e. The Balaban J connectivity index is 1.34. The van der Waals surface area contributed by atoms with Crippen LogP contribution in [0.5, 0.6) is 5.75 Å². The molecule has 0 saturated heterocycles. The zero-order valence-electron chi connectivity index (χ0n) is 22.2. The molecular weight excluding hydrogens is 466 g/mol. The van der Waals surface area contributed by atoms with Gasteiger partial charge < -0.3 is 4.74 Å². The van der Waals surface area contributed by atoms with Crippen molar-refractivity contribution in [3.63, 3.8) is 0 Å². The molecule has 0 aliphatic heterocycles. The first-order chi connectivity index (χ1) is 18.0. The van der Waals surface area contributed by atoms with Crippen LogP contribution >= 0.6 is 0 Å². The average molecular weight is 507 g/mol. The van der Waals surface area contributed by atoms with Crippen molar-refractivity contribution in [1.82, 2.24) is 0 Å². The second-order valence-electron chi connectivity index (χ2n) is 10.9. The third kappa shape index (κ3) is 7.18. The van der Waals surface area contributed by atoms with Crippen LogP contribution in [0.3, 0.4) is 0 Å². The van der Waals surface area contributed by atoms with E-state index in [-0.39, 0.29) is 11.3 Å². The van der Waals surface area contributed by atoms with Crippen LogP contribution in [-0.4, -0.2) is 5.97 Å². The molecule has 2 saturated carbocycles. The molecule has 0 amide bonds. The van der Waals surface area contributed by atoms with Crippen LogP contribution in [0, 0.1) is 29.4 Å². The Hall–Kier alpha value is -2.75. The zero-order valence-corrected chi connectivity index (χ0v) is 22.2. The molecule has 4 atom stereocenters. The highest BCUT2D eigenvalue weighted by atomic mass is 19.1. The van der Waals surface area contributed by atoms with Crippen molar-refractivity contribution >= 4 is 5.97 Å². The third-order valence-corrected chi connectivity index (χ3v) is 8.42. The molecule has 2 aliphatic carbocycles. The molecule has 0 aromatic heterocycles. The maximum atomic E-state index is 15.0. The molecule has 4 rings (SSSR count). The normalized spacial score (nSPS) is 23.9. The summed E-state index contributed by atoms with van der Waals surface area (Å²) in [6.07, 6.45) is 19.7. The lowest BCUT2D eigenvalue weighted by molar-refractivity contribution is 0.0722. The van der Waals surface area contributed by atoms with Crippen molar-refractivity contribution < 1.29 is 18.3 Å². The predicted octanol–water partition coefficient (Wildman–Crippen LogP) is 9.35. The van der Waals surface area contributed by atoms with E-state index in [1.54, 1.807) is 6.07 Å². The van der Waals surface area contributed by atoms with Gasteiger partial charge in [0.15, 0.2) is 11.6 Å². The quantitative estimate of drug-likeness (QED) is 0.192. The highest BCUT2D eigenvalue weighted by Crippen LogP contribution is 2.48. The number of esters is 1. The molecule has 0 spiro atoms. The van der Waals surface area contributed by atoms with Gasteiger partial charge in [0.05, 0.1) is 5.56 Å². The second kappa shape index (κ2) is 13.2. The van der Waals surface area contributed by atoms with Crippen LogP contribution in [0.15, 0.2) is 60.7 Å². The number of ether oxygens (including phenoxy) is 1. The van der Waals surface area contributed by atoms with Gasteiger partial charge in [-0.1, -0.05) is 42.9 Å². The fourth-order valence-electron chi connectivity index (χ4n) is 6.35. The van der Waals surface area contributed by atoms with E-state index in [1.165, 1.54) is 62.8 Å². The Morgan fingerprint density at radius 3 is 2.41 bits per heavy atom. The number of halogens is 2. The van der Waals surface area contributed by atoms with E-state index < -0.39 is 17.6 Å². The van der Waals surface area contributed by atoms with Crippen molar-refractivity contribution in [3.8, 4) is 5.75 Å². The van der Waals surface area contributed by atoms with E-state index in [0.717, 1.165) is 42.2 Å². The lowest BCUT2D eigenvalue weighted by atomic mass is 9.63. The van der Waals surface area contributed by atoms with Crippen molar-refractivity contribution in [2.75, 3.05) is 0 Å². The summed E-state index contributed by atoms with van der Waals surface area (Å²) >= 11 is 0. The van der Waals surface area contributed by atoms with Crippen LogP contribution in [-0.2, 0) is 6.42 Å². The first-order valence-corrected chi connectivity index (χ1v) is 14.0. The summed E-state index contributed by atoms with van der Waals surface area (Å²) in [5, 5.41) is 0. The Morgan fingerprint density at radius 2 is 1.65 bits per heavy atom. The lowest BCUT2D eigenvalue weighted by Crippen LogP contribution is -2.30. The molecule has 37 heavy (non-hydrogen) atoms. The first kappa shape index (κ1) is 27.3. The number of hydrogen-bond acceptors (Lipinski definition) is 2. The summed E-state index contributed by atoms with van der Waals surface area (Å²) in [6.45, 7) is 4.03. The van der Waals surface area contributed by atoms with E-state index in [0.29, 0.717) is 18.3 Å². The number of hydrogen-bond donors (Lipinski definition) is 0. The molecule has 2 aromatic carbocycles. The molecule has 2 aliphatic rings. The smallest absolute Gasteiger partial charge is 0.346 e. The Kier molecular flexibility index (Phi) is 9.71. The molecule has 0 N–H and O–H groups in total. The van der Waals surface area contributed by atoms with Crippen LogP contribution in [0.25, 0.3) is 0 Å². The van der Waals surface area contributed by atoms with Gasteiger partial charge in [-0.3, -0.25) is 0 Å². The summed E-state index contributed by atoms with van der Waals surface area (Å²) in [5.41, 5.74) is 1.62. The fourth-order valence-corrected chi connectivity index (χ4v) is 6.35. The summed E-state index contributed by atoms with van der Waals surface area (Å²) in [7, 11) is 0. The SMILES string of the molecule is C/C=C/CCc1ccc(OC(=O)c2ccc(C3CCC4CC(CC/C=C/C)CCC4C3)cc2F)c(F)c1. The summed E-state index contributed by atoms with van der Waals surface area (Å²) < 4.78 is 34.7. The molecule has 4 unspecified atom stereocenters. The minimum Gasteiger partial charge on any atom is -0.420 e. The largest absolute Gasteiger partial charge is 0.420 e. The van der Waals surface area contributed by atoms with Gasteiger partial charge in [0.25, 0.3) is 0 Å². The Labute approximate surface area is 220 Å².